The fourth-order valence-corrected chi connectivity index (χ4v) is 2.41. The molecular formula is C14H21N3O3. The molecule has 6 nitrogen and oxygen atoms in total. The highest BCUT2D eigenvalue weighted by molar-refractivity contribution is 5.94. The second-order valence-electron chi connectivity index (χ2n) is 6.36. The molecule has 2 atom stereocenters. The van der Waals surface area contributed by atoms with Crippen LogP contribution in [0.4, 0.5) is 0 Å². The van der Waals surface area contributed by atoms with Crippen LogP contribution in [0.25, 0.3) is 0 Å². The predicted octanol–water partition coefficient (Wildman–Crippen LogP) is 1.62. The van der Waals surface area contributed by atoms with Gasteiger partial charge < -0.3 is 10.4 Å². The Balaban J connectivity index is 1.96. The van der Waals surface area contributed by atoms with E-state index < -0.39 is 5.97 Å². The lowest BCUT2D eigenvalue weighted by Gasteiger charge is -2.18. The molecule has 0 bridgehead atoms. The summed E-state index contributed by atoms with van der Waals surface area (Å²) in [5.74, 6) is -1.29. The first-order valence-electron chi connectivity index (χ1n) is 6.86. The molecule has 1 aliphatic rings. The van der Waals surface area contributed by atoms with Crippen molar-refractivity contribution in [2.24, 2.45) is 5.92 Å². The fourth-order valence-electron chi connectivity index (χ4n) is 2.41. The molecule has 0 radical (unpaired) electrons. The van der Waals surface area contributed by atoms with Gasteiger partial charge in [-0.3, -0.25) is 14.3 Å². The average molecular weight is 279 g/mol. The van der Waals surface area contributed by atoms with Gasteiger partial charge in [-0.2, -0.15) is 5.10 Å². The maximum atomic E-state index is 12.1. The number of hydrogen-bond donors (Lipinski definition) is 2. The number of aromatic nitrogens is 2. The predicted molar refractivity (Wildman–Crippen MR) is 73.5 cm³/mol. The zero-order valence-corrected chi connectivity index (χ0v) is 12.1. The maximum absolute atomic E-state index is 12.1. The molecule has 20 heavy (non-hydrogen) atoms. The van der Waals surface area contributed by atoms with Crippen molar-refractivity contribution in [1.29, 1.82) is 0 Å². The van der Waals surface area contributed by atoms with Crippen LogP contribution in [0.1, 0.15) is 50.4 Å². The molecule has 0 unspecified atom stereocenters. The monoisotopic (exact) mass is 279 g/mol. The molecule has 0 saturated heterocycles. The molecule has 0 aromatic carbocycles. The van der Waals surface area contributed by atoms with Crippen LogP contribution in [0.3, 0.4) is 0 Å². The van der Waals surface area contributed by atoms with Gasteiger partial charge in [-0.15, -0.1) is 0 Å². The molecule has 1 amide bonds. The molecule has 1 saturated carbocycles. The number of rotatable bonds is 3. The summed E-state index contributed by atoms with van der Waals surface area (Å²) in [5, 5.41) is 16.0. The van der Waals surface area contributed by atoms with Crippen molar-refractivity contribution in [3.63, 3.8) is 0 Å². The van der Waals surface area contributed by atoms with E-state index in [-0.39, 0.29) is 23.4 Å². The van der Waals surface area contributed by atoms with Gasteiger partial charge in [0.25, 0.3) is 5.91 Å². The van der Waals surface area contributed by atoms with Gasteiger partial charge in [-0.25, -0.2) is 0 Å². The molecule has 0 aliphatic heterocycles. The topological polar surface area (TPSA) is 84.2 Å². The van der Waals surface area contributed by atoms with Crippen LogP contribution in [0.5, 0.6) is 0 Å². The summed E-state index contributed by atoms with van der Waals surface area (Å²) in [6, 6.07) is -0.0541. The van der Waals surface area contributed by atoms with Gasteiger partial charge in [0, 0.05) is 12.2 Å². The van der Waals surface area contributed by atoms with Crippen molar-refractivity contribution in [1.82, 2.24) is 15.1 Å². The minimum atomic E-state index is -0.776. The van der Waals surface area contributed by atoms with E-state index in [2.05, 4.69) is 10.4 Å². The third-order valence-corrected chi connectivity index (χ3v) is 3.65. The molecular weight excluding hydrogens is 258 g/mol. The smallest absolute Gasteiger partial charge is 0.306 e. The van der Waals surface area contributed by atoms with Crippen LogP contribution in [0.2, 0.25) is 0 Å². The summed E-state index contributed by atoms with van der Waals surface area (Å²) < 4.78 is 1.75. The minimum absolute atomic E-state index is 0.0541. The molecule has 6 heteroatoms. The number of carbonyl (C=O) groups is 2. The number of aliphatic carboxylic acids is 1. The lowest BCUT2D eigenvalue weighted by atomic mass is 10.1. The first-order chi connectivity index (χ1) is 9.27. The van der Waals surface area contributed by atoms with Gasteiger partial charge in [0.2, 0.25) is 0 Å². The molecule has 2 N–H and O–H groups in total. The first kappa shape index (κ1) is 14.6. The van der Waals surface area contributed by atoms with E-state index in [1.165, 1.54) is 0 Å². The average Bonchev–Trinajstić information content (AvgIpc) is 2.95. The van der Waals surface area contributed by atoms with Crippen LogP contribution in [0.15, 0.2) is 12.4 Å². The zero-order chi connectivity index (χ0) is 14.9. The van der Waals surface area contributed by atoms with Gasteiger partial charge >= 0.3 is 5.97 Å². The lowest BCUT2D eigenvalue weighted by molar-refractivity contribution is -0.141. The Hall–Kier alpha value is -1.85. The highest BCUT2D eigenvalue weighted by Gasteiger charge is 2.31. The van der Waals surface area contributed by atoms with Crippen LogP contribution in [0, 0.1) is 5.92 Å². The fraction of sp³-hybridized carbons (Fsp3) is 0.643. The molecule has 1 fully saturated rings. The Bertz CT molecular complexity index is 516. The summed E-state index contributed by atoms with van der Waals surface area (Å²) in [6.07, 6.45) is 5.12. The third-order valence-electron chi connectivity index (χ3n) is 3.65. The summed E-state index contributed by atoms with van der Waals surface area (Å²) >= 11 is 0. The van der Waals surface area contributed by atoms with E-state index in [0.29, 0.717) is 18.4 Å². The van der Waals surface area contributed by atoms with E-state index in [1.807, 2.05) is 20.8 Å². The quantitative estimate of drug-likeness (QED) is 0.880. The van der Waals surface area contributed by atoms with E-state index in [4.69, 9.17) is 5.11 Å². The summed E-state index contributed by atoms with van der Waals surface area (Å²) in [6.45, 7) is 6.03. The van der Waals surface area contributed by atoms with Crippen molar-refractivity contribution >= 4 is 11.9 Å². The SMILES string of the molecule is CC(C)(C)n1cc(C(=O)N[C@@H]2CC[C@H](C(=O)O)C2)cn1. The van der Waals surface area contributed by atoms with Gasteiger partial charge in [-0.1, -0.05) is 0 Å². The Labute approximate surface area is 118 Å². The van der Waals surface area contributed by atoms with Gasteiger partial charge in [0.15, 0.2) is 0 Å². The van der Waals surface area contributed by atoms with E-state index in [0.717, 1.165) is 6.42 Å². The van der Waals surface area contributed by atoms with Crippen molar-refractivity contribution in [3.05, 3.63) is 18.0 Å². The van der Waals surface area contributed by atoms with Gasteiger partial charge in [0.05, 0.1) is 23.2 Å². The summed E-state index contributed by atoms with van der Waals surface area (Å²) in [5.41, 5.74) is 0.346. The zero-order valence-electron chi connectivity index (χ0n) is 12.1. The second-order valence-corrected chi connectivity index (χ2v) is 6.36. The van der Waals surface area contributed by atoms with Crippen molar-refractivity contribution in [2.75, 3.05) is 0 Å². The molecule has 110 valence electrons. The second kappa shape index (κ2) is 5.26. The number of amides is 1. The van der Waals surface area contributed by atoms with Gasteiger partial charge in [-0.05, 0) is 40.0 Å². The Morgan fingerprint density at radius 3 is 2.60 bits per heavy atom. The van der Waals surface area contributed by atoms with Crippen LogP contribution < -0.4 is 5.32 Å². The number of hydrogen-bond acceptors (Lipinski definition) is 3. The largest absolute Gasteiger partial charge is 0.481 e. The molecule has 1 aromatic rings. The third kappa shape index (κ3) is 3.18. The number of carbonyl (C=O) groups excluding carboxylic acids is 1. The lowest BCUT2D eigenvalue weighted by Crippen LogP contribution is -2.33. The summed E-state index contributed by atoms with van der Waals surface area (Å²) in [7, 11) is 0. The highest BCUT2D eigenvalue weighted by Crippen LogP contribution is 2.26. The minimum Gasteiger partial charge on any atom is -0.481 e. The van der Waals surface area contributed by atoms with Crippen LogP contribution in [-0.4, -0.2) is 32.8 Å². The number of carboxylic acids is 1. The van der Waals surface area contributed by atoms with Crippen molar-refractivity contribution < 1.29 is 14.7 Å². The molecule has 1 aromatic heterocycles. The standard InChI is InChI=1S/C14H21N3O3/c1-14(2,3)17-8-10(7-15-17)12(18)16-11-5-4-9(6-11)13(19)20/h7-9,11H,4-6H2,1-3H3,(H,16,18)(H,19,20)/t9-,11+/m0/s1. The van der Waals surface area contributed by atoms with Crippen molar-refractivity contribution in [3.8, 4) is 0 Å². The van der Waals surface area contributed by atoms with Gasteiger partial charge in [0.1, 0.15) is 0 Å². The van der Waals surface area contributed by atoms with E-state index in [9.17, 15) is 9.59 Å². The normalized spacial score (nSPS) is 22.8. The van der Waals surface area contributed by atoms with Crippen LogP contribution in [-0.2, 0) is 10.3 Å². The van der Waals surface area contributed by atoms with E-state index >= 15 is 0 Å². The summed E-state index contributed by atoms with van der Waals surface area (Å²) in [4.78, 5) is 23.0. The number of nitrogens with zero attached hydrogens (tertiary/aromatic N) is 2. The van der Waals surface area contributed by atoms with Crippen molar-refractivity contribution in [2.45, 2.75) is 51.6 Å². The number of nitrogens with one attached hydrogen (secondary N) is 1. The Kier molecular flexibility index (Phi) is 3.83. The molecule has 2 rings (SSSR count). The molecule has 1 heterocycles. The van der Waals surface area contributed by atoms with Crippen LogP contribution >= 0.6 is 0 Å². The highest BCUT2D eigenvalue weighted by atomic mass is 16.4. The first-order valence-corrected chi connectivity index (χ1v) is 6.86. The molecule has 1 aliphatic carbocycles. The Morgan fingerprint density at radius 2 is 2.10 bits per heavy atom. The molecule has 0 spiro atoms. The van der Waals surface area contributed by atoms with E-state index in [1.54, 1.807) is 17.1 Å². The Morgan fingerprint density at radius 1 is 1.40 bits per heavy atom. The number of carboxylic acid groups (broad SMARTS) is 1. The maximum Gasteiger partial charge on any atom is 0.306 e.